The SMILES string of the molecule is CC#CCn1c(N2CCC[C@@H](N)C2)nc2cnn(Cc3ncc4ccccc4n3)c(=O)c21. The summed E-state index contributed by atoms with van der Waals surface area (Å²) in [5.74, 6) is 7.23. The number of hydrogen-bond donors (Lipinski definition) is 1. The lowest BCUT2D eigenvalue weighted by Gasteiger charge is -2.31. The van der Waals surface area contributed by atoms with Gasteiger partial charge in [-0.1, -0.05) is 24.1 Å². The lowest BCUT2D eigenvalue weighted by Crippen LogP contribution is -2.44. The van der Waals surface area contributed by atoms with Crippen LogP contribution in [0, 0.1) is 11.8 Å². The third kappa shape index (κ3) is 3.69. The van der Waals surface area contributed by atoms with Gasteiger partial charge in [-0.05, 0) is 25.8 Å². The second-order valence-electron chi connectivity index (χ2n) is 7.96. The van der Waals surface area contributed by atoms with Crippen molar-refractivity contribution < 1.29 is 0 Å². The molecule has 4 heterocycles. The second kappa shape index (κ2) is 8.40. The maximum absolute atomic E-state index is 13.4. The molecule has 1 atom stereocenters. The number of para-hydroxylation sites is 1. The Morgan fingerprint density at radius 3 is 2.91 bits per heavy atom. The number of nitrogens with two attached hydrogens (primary N) is 1. The molecule has 2 N–H and O–H groups in total. The van der Waals surface area contributed by atoms with Gasteiger partial charge < -0.3 is 10.6 Å². The molecule has 4 aromatic rings. The van der Waals surface area contributed by atoms with Crippen molar-refractivity contribution in [3.8, 4) is 11.8 Å². The largest absolute Gasteiger partial charge is 0.341 e. The zero-order valence-corrected chi connectivity index (χ0v) is 17.9. The van der Waals surface area contributed by atoms with Gasteiger partial charge in [-0.2, -0.15) is 5.10 Å². The van der Waals surface area contributed by atoms with Gasteiger partial charge in [-0.3, -0.25) is 9.36 Å². The van der Waals surface area contributed by atoms with Crippen LogP contribution in [0.25, 0.3) is 21.9 Å². The van der Waals surface area contributed by atoms with Crippen LogP contribution in [0.1, 0.15) is 25.6 Å². The number of anilines is 1. The molecule has 1 saturated heterocycles. The van der Waals surface area contributed by atoms with Crippen molar-refractivity contribution in [2.45, 2.75) is 38.9 Å². The molecule has 9 heteroatoms. The minimum Gasteiger partial charge on any atom is -0.341 e. The lowest BCUT2D eigenvalue weighted by molar-refractivity contribution is 0.496. The Hall–Kier alpha value is -3.77. The summed E-state index contributed by atoms with van der Waals surface area (Å²) in [5, 5.41) is 5.30. The number of aromatic nitrogens is 6. The van der Waals surface area contributed by atoms with Gasteiger partial charge in [0.1, 0.15) is 17.6 Å². The monoisotopic (exact) mass is 428 g/mol. The van der Waals surface area contributed by atoms with Crippen LogP contribution in [0.4, 0.5) is 5.95 Å². The number of hydrogen-bond acceptors (Lipinski definition) is 7. The van der Waals surface area contributed by atoms with Gasteiger partial charge >= 0.3 is 0 Å². The molecule has 0 radical (unpaired) electrons. The van der Waals surface area contributed by atoms with E-state index in [1.54, 1.807) is 19.3 Å². The molecular weight excluding hydrogens is 404 g/mol. The van der Waals surface area contributed by atoms with Crippen LogP contribution >= 0.6 is 0 Å². The Balaban J connectivity index is 1.58. The predicted octanol–water partition coefficient (Wildman–Crippen LogP) is 1.54. The average molecular weight is 429 g/mol. The molecule has 5 rings (SSSR count). The lowest BCUT2D eigenvalue weighted by atomic mass is 10.1. The van der Waals surface area contributed by atoms with E-state index in [0.29, 0.717) is 29.9 Å². The van der Waals surface area contributed by atoms with Gasteiger partial charge in [0.05, 0.1) is 18.3 Å². The molecule has 0 amide bonds. The van der Waals surface area contributed by atoms with Crippen LogP contribution in [0.3, 0.4) is 0 Å². The van der Waals surface area contributed by atoms with Crippen molar-refractivity contribution in [1.82, 2.24) is 29.3 Å². The van der Waals surface area contributed by atoms with Gasteiger partial charge in [-0.15, -0.1) is 5.92 Å². The molecule has 1 fully saturated rings. The fourth-order valence-electron chi connectivity index (χ4n) is 4.15. The summed E-state index contributed by atoms with van der Waals surface area (Å²) in [4.78, 5) is 29.3. The third-order valence-corrected chi connectivity index (χ3v) is 5.72. The van der Waals surface area contributed by atoms with Crippen LogP contribution in [-0.2, 0) is 13.1 Å². The van der Waals surface area contributed by atoms with Gasteiger partial charge in [-0.25, -0.2) is 19.6 Å². The van der Waals surface area contributed by atoms with Crippen LogP contribution in [0.15, 0.2) is 41.5 Å². The third-order valence-electron chi connectivity index (χ3n) is 5.72. The molecule has 32 heavy (non-hydrogen) atoms. The smallest absolute Gasteiger partial charge is 0.293 e. The number of nitrogens with zero attached hydrogens (tertiary/aromatic N) is 7. The zero-order chi connectivity index (χ0) is 22.1. The number of rotatable bonds is 4. The molecule has 0 saturated carbocycles. The van der Waals surface area contributed by atoms with E-state index in [4.69, 9.17) is 10.7 Å². The predicted molar refractivity (Wildman–Crippen MR) is 123 cm³/mol. The van der Waals surface area contributed by atoms with Gasteiger partial charge in [0.15, 0.2) is 5.82 Å². The first-order valence-electron chi connectivity index (χ1n) is 10.7. The molecule has 0 aliphatic carbocycles. The number of benzene rings is 1. The molecule has 162 valence electrons. The summed E-state index contributed by atoms with van der Waals surface area (Å²) in [6.07, 6.45) is 5.37. The van der Waals surface area contributed by atoms with Crippen molar-refractivity contribution in [2.75, 3.05) is 18.0 Å². The molecule has 0 unspecified atom stereocenters. The Morgan fingerprint density at radius 2 is 2.06 bits per heavy atom. The summed E-state index contributed by atoms with van der Waals surface area (Å²) in [6, 6.07) is 7.84. The van der Waals surface area contributed by atoms with Gasteiger partial charge in [0.25, 0.3) is 5.56 Å². The number of fused-ring (bicyclic) bond motifs is 2. The van der Waals surface area contributed by atoms with E-state index < -0.39 is 0 Å². The van der Waals surface area contributed by atoms with Crippen molar-refractivity contribution in [1.29, 1.82) is 0 Å². The first-order valence-corrected chi connectivity index (χ1v) is 10.7. The normalized spacial score (nSPS) is 16.3. The van der Waals surface area contributed by atoms with E-state index in [-0.39, 0.29) is 18.1 Å². The average Bonchev–Trinajstić information content (AvgIpc) is 3.19. The molecule has 0 spiro atoms. The maximum Gasteiger partial charge on any atom is 0.293 e. The second-order valence-corrected chi connectivity index (χ2v) is 7.96. The molecule has 1 aliphatic rings. The highest BCUT2D eigenvalue weighted by molar-refractivity contribution is 5.78. The highest BCUT2D eigenvalue weighted by atomic mass is 16.1. The molecule has 9 nitrogen and oxygen atoms in total. The van der Waals surface area contributed by atoms with Gasteiger partial charge in [0, 0.05) is 30.7 Å². The minimum atomic E-state index is -0.239. The van der Waals surface area contributed by atoms with Crippen molar-refractivity contribution in [2.24, 2.45) is 5.73 Å². The topological polar surface area (TPSA) is 108 Å². The summed E-state index contributed by atoms with van der Waals surface area (Å²) in [6.45, 7) is 3.89. The summed E-state index contributed by atoms with van der Waals surface area (Å²) in [7, 11) is 0. The van der Waals surface area contributed by atoms with Crippen LogP contribution in [-0.4, -0.2) is 48.4 Å². The van der Waals surface area contributed by atoms with Crippen LogP contribution in [0.2, 0.25) is 0 Å². The summed E-state index contributed by atoms with van der Waals surface area (Å²) >= 11 is 0. The van der Waals surface area contributed by atoms with Crippen LogP contribution in [0.5, 0.6) is 0 Å². The first kappa shape index (κ1) is 20.2. The summed E-state index contributed by atoms with van der Waals surface area (Å²) < 4.78 is 3.27. The quantitative estimate of drug-likeness (QED) is 0.491. The highest BCUT2D eigenvalue weighted by Gasteiger charge is 2.24. The fraction of sp³-hybridized carbons (Fsp3) is 0.348. The fourth-order valence-corrected chi connectivity index (χ4v) is 4.15. The van der Waals surface area contributed by atoms with E-state index in [1.165, 1.54) is 4.68 Å². The van der Waals surface area contributed by atoms with E-state index in [2.05, 4.69) is 31.8 Å². The van der Waals surface area contributed by atoms with E-state index in [1.807, 2.05) is 28.8 Å². The number of piperidine rings is 1. The molecule has 1 aliphatic heterocycles. The number of imidazole rings is 1. The van der Waals surface area contributed by atoms with Gasteiger partial charge in [0.2, 0.25) is 5.95 Å². The molecular formula is C23H24N8O. The Kier molecular flexibility index (Phi) is 5.29. The van der Waals surface area contributed by atoms with E-state index >= 15 is 0 Å². The Morgan fingerprint density at radius 1 is 1.19 bits per heavy atom. The van der Waals surface area contributed by atoms with E-state index in [9.17, 15) is 4.79 Å². The standard InChI is InChI=1S/C23H24N8O/c1-2-3-11-30-21-19(28-23(30)29-10-6-8-17(24)14-29)13-26-31(22(21)32)15-20-25-12-16-7-4-5-9-18(16)27-20/h4-5,7,9,12-13,17H,6,8,10-11,14-15,24H2,1H3/t17-/m1/s1. The molecule has 3 aromatic heterocycles. The summed E-state index contributed by atoms with van der Waals surface area (Å²) in [5.41, 5.74) is 7.82. The van der Waals surface area contributed by atoms with E-state index in [0.717, 1.165) is 36.2 Å². The van der Waals surface area contributed by atoms with Crippen molar-refractivity contribution in [3.05, 3.63) is 52.8 Å². The maximum atomic E-state index is 13.4. The minimum absolute atomic E-state index is 0.0918. The van der Waals surface area contributed by atoms with Crippen molar-refractivity contribution in [3.63, 3.8) is 0 Å². The highest BCUT2D eigenvalue weighted by Crippen LogP contribution is 2.23. The van der Waals surface area contributed by atoms with Crippen LogP contribution < -0.4 is 16.2 Å². The first-order chi connectivity index (χ1) is 15.6. The zero-order valence-electron chi connectivity index (χ0n) is 17.9. The Labute approximate surface area is 184 Å². The molecule has 0 bridgehead atoms. The molecule has 1 aromatic carbocycles. The van der Waals surface area contributed by atoms with Crippen molar-refractivity contribution >= 4 is 27.9 Å². The Bertz CT molecular complexity index is 1410.